The van der Waals surface area contributed by atoms with Crippen molar-refractivity contribution in [3.8, 4) is 0 Å². The van der Waals surface area contributed by atoms with Crippen LogP contribution in [0, 0.1) is 17.3 Å². The van der Waals surface area contributed by atoms with Gasteiger partial charge in [0.25, 0.3) is 0 Å². The molecule has 3 heteroatoms. The van der Waals surface area contributed by atoms with Crippen LogP contribution in [0.1, 0.15) is 31.7 Å². The molecule has 0 aromatic carbocycles. The van der Waals surface area contributed by atoms with Crippen molar-refractivity contribution in [3.05, 3.63) is 29.0 Å². The summed E-state index contributed by atoms with van der Waals surface area (Å²) in [7, 11) is 0. The number of hydrogen-bond acceptors (Lipinski definition) is 2. The molecule has 0 radical (unpaired) electrons. The van der Waals surface area contributed by atoms with E-state index in [1.54, 1.807) is 6.20 Å². The monoisotopic (exact) mass is 264 g/mol. The first kappa shape index (κ1) is 12.4. The summed E-state index contributed by atoms with van der Waals surface area (Å²) >= 11 is 6.26. The normalized spacial score (nSPS) is 33.4. The quantitative estimate of drug-likeness (QED) is 0.883. The molecule has 1 N–H and O–H groups in total. The molecule has 2 nitrogen and oxygen atoms in total. The van der Waals surface area contributed by atoms with E-state index in [0.29, 0.717) is 5.41 Å². The Morgan fingerprint density at radius 1 is 1.44 bits per heavy atom. The topological polar surface area (TPSA) is 24.9 Å². The second kappa shape index (κ2) is 4.82. The molecule has 1 aromatic heterocycles. The van der Waals surface area contributed by atoms with Gasteiger partial charge in [-0.25, -0.2) is 0 Å². The van der Waals surface area contributed by atoms with Gasteiger partial charge in [0.05, 0.1) is 5.02 Å². The lowest BCUT2D eigenvalue weighted by molar-refractivity contribution is 0.250. The van der Waals surface area contributed by atoms with Crippen LogP contribution in [0.2, 0.25) is 5.02 Å². The Bertz CT molecular complexity index is 422. The summed E-state index contributed by atoms with van der Waals surface area (Å²) in [6.07, 6.45) is 8.96. The summed E-state index contributed by atoms with van der Waals surface area (Å²) in [5.74, 6) is 2.01. The first-order chi connectivity index (χ1) is 8.72. The minimum absolute atomic E-state index is 0.439. The lowest BCUT2D eigenvalue weighted by Crippen LogP contribution is -2.35. The van der Waals surface area contributed by atoms with Crippen LogP contribution in [0.25, 0.3) is 0 Å². The number of hydrogen-bond donors (Lipinski definition) is 1. The smallest absolute Gasteiger partial charge is 0.0621 e. The van der Waals surface area contributed by atoms with E-state index in [0.717, 1.165) is 36.4 Å². The zero-order chi connectivity index (χ0) is 12.6. The van der Waals surface area contributed by atoms with Crippen molar-refractivity contribution < 1.29 is 0 Å². The van der Waals surface area contributed by atoms with Crippen LogP contribution in [-0.2, 0) is 6.42 Å². The molecule has 2 atom stereocenters. The summed E-state index contributed by atoms with van der Waals surface area (Å²) < 4.78 is 0. The Morgan fingerprint density at radius 2 is 2.22 bits per heavy atom. The zero-order valence-corrected chi connectivity index (χ0v) is 11.7. The van der Waals surface area contributed by atoms with Crippen molar-refractivity contribution >= 4 is 11.6 Å². The van der Waals surface area contributed by atoms with Crippen molar-refractivity contribution in [3.63, 3.8) is 0 Å². The average Bonchev–Trinajstić information content (AvgIpc) is 2.98. The van der Waals surface area contributed by atoms with E-state index in [1.807, 2.05) is 6.20 Å². The van der Waals surface area contributed by atoms with Gasteiger partial charge in [-0.05, 0) is 61.1 Å². The maximum atomic E-state index is 6.26. The minimum atomic E-state index is 0.439. The molecule has 18 heavy (non-hydrogen) atoms. The predicted molar refractivity (Wildman–Crippen MR) is 74.8 cm³/mol. The Hall–Kier alpha value is -0.600. The zero-order valence-electron chi connectivity index (χ0n) is 11.0. The maximum Gasteiger partial charge on any atom is 0.0621 e. The van der Waals surface area contributed by atoms with E-state index in [-0.39, 0.29) is 0 Å². The fourth-order valence-electron chi connectivity index (χ4n) is 3.70. The van der Waals surface area contributed by atoms with Crippen molar-refractivity contribution in [2.75, 3.05) is 13.1 Å². The number of nitrogens with one attached hydrogen (secondary N) is 1. The van der Waals surface area contributed by atoms with E-state index in [9.17, 15) is 0 Å². The highest BCUT2D eigenvalue weighted by Crippen LogP contribution is 2.60. The number of aromatic nitrogens is 1. The highest BCUT2D eigenvalue weighted by molar-refractivity contribution is 6.31. The van der Waals surface area contributed by atoms with Crippen molar-refractivity contribution in [2.24, 2.45) is 17.3 Å². The summed E-state index contributed by atoms with van der Waals surface area (Å²) in [5.41, 5.74) is 1.71. The molecule has 0 aliphatic heterocycles. The van der Waals surface area contributed by atoms with Gasteiger partial charge in [0.1, 0.15) is 0 Å². The Morgan fingerprint density at radius 3 is 2.89 bits per heavy atom. The molecule has 2 unspecified atom stereocenters. The highest BCUT2D eigenvalue weighted by atomic mass is 35.5. The molecule has 0 spiro atoms. The van der Waals surface area contributed by atoms with Gasteiger partial charge in [-0.1, -0.05) is 18.5 Å². The molecular weight excluding hydrogens is 244 g/mol. The number of nitrogens with zero attached hydrogens (tertiary/aromatic N) is 1. The van der Waals surface area contributed by atoms with Crippen LogP contribution < -0.4 is 5.32 Å². The molecule has 2 saturated carbocycles. The molecule has 98 valence electrons. The largest absolute Gasteiger partial charge is 0.316 e. The second-order valence-corrected chi connectivity index (χ2v) is 6.50. The van der Waals surface area contributed by atoms with Gasteiger partial charge < -0.3 is 5.32 Å². The number of pyridine rings is 1. The van der Waals surface area contributed by atoms with Gasteiger partial charge in [-0.3, -0.25) is 4.98 Å². The third kappa shape index (κ3) is 2.41. The van der Waals surface area contributed by atoms with E-state index >= 15 is 0 Å². The fourth-order valence-corrected chi connectivity index (χ4v) is 3.88. The van der Waals surface area contributed by atoms with Crippen molar-refractivity contribution in [1.29, 1.82) is 0 Å². The van der Waals surface area contributed by atoms with Gasteiger partial charge in [-0.15, -0.1) is 0 Å². The van der Waals surface area contributed by atoms with Gasteiger partial charge in [-0.2, -0.15) is 0 Å². The third-order valence-corrected chi connectivity index (χ3v) is 4.97. The molecule has 1 heterocycles. The lowest BCUT2D eigenvalue weighted by Gasteiger charge is -2.31. The molecular formula is C15H21ClN2. The first-order valence-corrected chi connectivity index (χ1v) is 7.39. The van der Waals surface area contributed by atoms with Crippen molar-refractivity contribution in [2.45, 2.75) is 32.6 Å². The van der Waals surface area contributed by atoms with Gasteiger partial charge in [0.15, 0.2) is 0 Å². The van der Waals surface area contributed by atoms with Crippen LogP contribution in [0.3, 0.4) is 0 Å². The molecule has 3 rings (SSSR count). The van der Waals surface area contributed by atoms with Crippen LogP contribution >= 0.6 is 11.6 Å². The van der Waals surface area contributed by atoms with Crippen molar-refractivity contribution in [1.82, 2.24) is 10.3 Å². The number of rotatable bonds is 5. The van der Waals surface area contributed by atoms with Gasteiger partial charge in [0.2, 0.25) is 0 Å². The van der Waals surface area contributed by atoms with E-state index in [1.165, 1.54) is 24.8 Å². The third-order valence-electron chi connectivity index (χ3n) is 4.63. The summed E-state index contributed by atoms with van der Waals surface area (Å²) in [5, 5.41) is 4.38. The average molecular weight is 265 g/mol. The Kier molecular flexibility index (Phi) is 3.33. The Labute approximate surface area is 114 Å². The summed E-state index contributed by atoms with van der Waals surface area (Å²) in [4.78, 5) is 4.08. The maximum absolute atomic E-state index is 6.26. The number of fused-ring (bicyclic) bond motifs is 1. The molecule has 0 bridgehead atoms. The van der Waals surface area contributed by atoms with Gasteiger partial charge >= 0.3 is 0 Å². The molecule has 1 aromatic rings. The minimum Gasteiger partial charge on any atom is -0.316 e. The first-order valence-electron chi connectivity index (χ1n) is 7.01. The van der Waals surface area contributed by atoms with Crippen LogP contribution in [0.15, 0.2) is 18.5 Å². The van der Waals surface area contributed by atoms with Gasteiger partial charge in [0, 0.05) is 18.9 Å². The number of halogens is 1. The lowest BCUT2D eigenvalue weighted by atomic mass is 9.77. The fraction of sp³-hybridized carbons (Fsp3) is 0.667. The molecule has 0 amide bonds. The van der Waals surface area contributed by atoms with E-state index in [2.05, 4.69) is 23.3 Å². The van der Waals surface area contributed by atoms with Crippen LogP contribution in [-0.4, -0.2) is 18.1 Å². The molecule has 2 aliphatic carbocycles. The second-order valence-electron chi connectivity index (χ2n) is 6.09. The molecule has 2 aliphatic rings. The standard InChI is InChI=1S/C15H21ClN2/c1-2-17-10-15(7-12-5-13(12)8-15)6-11-3-4-18-9-14(11)16/h3-4,9,12-13,17H,2,5-8,10H2,1H3. The Balaban J connectivity index is 1.75. The van der Waals surface area contributed by atoms with Crippen LogP contribution in [0.5, 0.6) is 0 Å². The highest BCUT2D eigenvalue weighted by Gasteiger charge is 2.53. The molecule has 0 saturated heterocycles. The SMILES string of the molecule is CCNCC1(Cc2ccncc2Cl)CC2CC2C1. The van der Waals surface area contributed by atoms with E-state index < -0.39 is 0 Å². The predicted octanol–water partition coefficient (Wildman–Crippen LogP) is 3.30. The van der Waals surface area contributed by atoms with Crippen LogP contribution in [0.4, 0.5) is 0 Å². The molecule has 2 fully saturated rings. The summed E-state index contributed by atoms with van der Waals surface area (Å²) in [6.45, 7) is 4.37. The summed E-state index contributed by atoms with van der Waals surface area (Å²) in [6, 6.07) is 2.08. The van der Waals surface area contributed by atoms with E-state index in [4.69, 9.17) is 11.6 Å².